The predicted molar refractivity (Wildman–Crippen MR) is 75.4 cm³/mol. The summed E-state index contributed by atoms with van der Waals surface area (Å²) in [6.45, 7) is 0. The van der Waals surface area contributed by atoms with Gasteiger partial charge in [-0.2, -0.15) is 0 Å². The van der Waals surface area contributed by atoms with Crippen molar-refractivity contribution in [1.29, 1.82) is 0 Å². The summed E-state index contributed by atoms with van der Waals surface area (Å²) in [6.07, 6.45) is 0. The highest BCUT2D eigenvalue weighted by Gasteiger charge is 2.10. The molecule has 6 heteroatoms. The minimum absolute atomic E-state index is 0.680. The summed E-state index contributed by atoms with van der Waals surface area (Å²) in [5.74, 6) is 0.680. The zero-order valence-corrected chi connectivity index (χ0v) is 11.5. The number of fused-ring (bicyclic) bond motifs is 1. The monoisotopic (exact) mass is 279 g/mol. The molecule has 86 valence electrons. The Morgan fingerprint density at radius 3 is 2.88 bits per heavy atom. The molecule has 0 saturated heterocycles. The molecule has 3 aromatic heterocycles. The SMILES string of the molecule is CNc1nc(Sc2cccs2)c2ccsc2n1. The molecule has 3 aromatic rings. The molecular formula is C11H9N3S3. The summed E-state index contributed by atoms with van der Waals surface area (Å²) in [5.41, 5.74) is 0. The van der Waals surface area contributed by atoms with E-state index in [9.17, 15) is 0 Å². The van der Waals surface area contributed by atoms with Crippen LogP contribution >= 0.6 is 34.4 Å². The second kappa shape index (κ2) is 4.64. The number of hydrogen-bond donors (Lipinski definition) is 1. The zero-order valence-electron chi connectivity index (χ0n) is 9.01. The van der Waals surface area contributed by atoms with Crippen LogP contribution in [0.2, 0.25) is 0 Å². The van der Waals surface area contributed by atoms with Crippen LogP contribution in [0.3, 0.4) is 0 Å². The van der Waals surface area contributed by atoms with Gasteiger partial charge >= 0.3 is 0 Å². The molecule has 0 amide bonds. The fraction of sp³-hybridized carbons (Fsp3) is 0.0909. The van der Waals surface area contributed by atoms with Gasteiger partial charge in [-0.05, 0) is 22.9 Å². The van der Waals surface area contributed by atoms with Crippen LogP contribution in [-0.4, -0.2) is 17.0 Å². The van der Waals surface area contributed by atoms with Crippen LogP contribution in [0, 0.1) is 0 Å². The first-order chi connectivity index (χ1) is 8.36. The summed E-state index contributed by atoms with van der Waals surface area (Å²) in [5, 5.41) is 9.28. The molecular weight excluding hydrogens is 270 g/mol. The molecule has 0 aliphatic carbocycles. The maximum absolute atomic E-state index is 4.52. The van der Waals surface area contributed by atoms with Crippen LogP contribution in [0.25, 0.3) is 10.2 Å². The summed E-state index contributed by atoms with van der Waals surface area (Å²) in [6, 6.07) is 6.24. The Kier molecular flexibility index (Phi) is 3.00. The lowest BCUT2D eigenvalue weighted by atomic mass is 10.4. The normalized spacial score (nSPS) is 10.9. The number of nitrogens with zero attached hydrogens (tertiary/aromatic N) is 2. The first-order valence-electron chi connectivity index (χ1n) is 5.01. The van der Waals surface area contributed by atoms with Crippen LogP contribution in [0.1, 0.15) is 0 Å². The lowest BCUT2D eigenvalue weighted by molar-refractivity contribution is 1.10. The number of hydrogen-bond acceptors (Lipinski definition) is 6. The summed E-state index contributed by atoms with van der Waals surface area (Å²) < 4.78 is 1.25. The largest absolute Gasteiger partial charge is 0.357 e. The van der Waals surface area contributed by atoms with Gasteiger partial charge in [0.15, 0.2) is 0 Å². The molecule has 0 bridgehead atoms. The molecule has 3 nitrogen and oxygen atoms in total. The molecule has 0 aliphatic heterocycles. The average molecular weight is 279 g/mol. The van der Waals surface area contributed by atoms with E-state index in [4.69, 9.17) is 0 Å². The van der Waals surface area contributed by atoms with Gasteiger partial charge in [0.1, 0.15) is 9.86 Å². The van der Waals surface area contributed by atoms with Crippen molar-refractivity contribution in [2.45, 2.75) is 9.24 Å². The highest BCUT2D eigenvalue weighted by molar-refractivity contribution is 8.01. The van der Waals surface area contributed by atoms with E-state index in [0.717, 1.165) is 15.2 Å². The second-order valence-corrected chi connectivity index (χ2v) is 6.41. The first-order valence-corrected chi connectivity index (χ1v) is 7.59. The van der Waals surface area contributed by atoms with Crippen molar-refractivity contribution < 1.29 is 0 Å². The van der Waals surface area contributed by atoms with Crippen LogP contribution < -0.4 is 5.32 Å². The van der Waals surface area contributed by atoms with Gasteiger partial charge in [0.2, 0.25) is 5.95 Å². The van der Waals surface area contributed by atoms with Crippen molar-refractivity contribution in [3.05, 3.63) is 29.0 Å². The molecule has 17 heavy (non-hydrogen) atoms. The standard InChI is InChI=1S/C11H9N3S3/c1-12-11-13-9-7(4-6-16-9)10(14-11)17-8-3-2-5-15-8/h2-6H,1H3,(H,12,13,14). The van der Waals surface area contributed by atoms with Gasteiger partial charge in [-0.15, -0.1) is 22.7 Å². The van der Waals surface area contributed by atoms with Gasteiger partial charge < -0.3 is 5.32 Å². The van der Waals surface area contributed by atoms with Gasteiger partial charge in [0, 0.05) is 12.4 Å². The highest BCUT2D eigenvalue weighted by Crippen LogP contribution is 2.36. The van der Waals surface area contributed by atoms with E-state index < -0.39 is 0 Å². The minimum atomic E-state index is 0.680. The second-order valence-electron chi connectivity index (χ2n) is 3.28. The molecule has 0 fully saturated rings. The smallest absolute Gasteiger partial charge is 0.224 e. The number of thiophene rings is 2. The molecule has 3 heterocycles. The van der Waals surface area contributed by atoms with E-state index >= 15 is 0 Å². The third-order valence-electron chi connectivity index (χ3n) is 2.21. The molecule has 0 radical (unpaired) electrons. The maximum Gasteiger partial charge on any atom is 0.224 e. The Balaban J connectivity index is 2.10. The topological polar surface area (TPSA) is 37.8 Å². The van der Waals surface area contributed by atoms with Gasteiger partial charge in [-0.3, -0.25) is 0 Å². The van der Waals surface area contributed by atoms with Crippen molar-refractivity contribution >= 4 is 50.6 Å². The molecule has 0 aromatic carbocycles. The van der Waals surface area contributed by atoms with Crippen molar-refractivity contribution in [2.24, 2.45) is 0 Å². The quantitative estimate of drug-likeness (QED) is 0.737. The van der Waals surface area contributed by atoms with Crippen molar-refractivity contribution in [3.8, 4) is 0 Å². The van der Waals surface area contributed by atoms with E-state index in [0.29, 0.717) is 5.95 Å². The predicted octanol–water partition coefficient (Wildman–Crippen LogP) is 3.95. The van der Waals surface area contributed by atoms with Crippen molar-refractivity contribution in [2.75, 3.05) is 12.4 Å². The van der Waals surface area contributed by atoms with Gasteiger partial charge in [0.05, 0.1) is 4.21 Å². The van der Waals surface area contributed by atoms with Gasteiger partial charge in [-0.1, -0.05) is 17.8 Å². The number of anilines is 1. The molecule has 0 spiro atoms. The van der Waals surface area contributed by atoms with E-state index in [1.54, 1.807) is 34.4 Å². The van der Waals surface area contributed by atoms with Gasteiger partial charge in [-0.25, -0.2) is 9.97 Å². The van der Waals surface area contributed by atoms with Crippen LogP contribution in [-0.2, 0) is 0 Å². The maximum atomic E-state index is 4.52. The Morgan fingerprint density at radius 2 is 2.12 bits per heavy atom. The third kappa shape index (κ3) is 2.15. The van der Waals surface area contributed by atoms with Crippen LogP contribution in [0.15, 0.2) is 38.2 Å². The number of aromatic nitrogens is 2. The first kappa shape index (κ1) is 11.0. The zero-order chi connectivity index (χ0) is 11.7. The van der Waals surface area contributed by atoms with E-state index in [2.05, 4.69) is 44.2 Å². The molecule has 0 unspecified atom stereocenters. The Labute approximate surface area is 111 Å². The van der Waals surface area contributed by atoms with E-state index in [1.807, 2.05) is 7.05 Å². The Hall–Kier alpha value is -1.11. The summed E-state index contributed by atoms with van der Waals surface area (Å²) in [4.78, 5) is 9.98. The molecule has 0 atom stereocenters. The van der Waals surface area contributed by atoms with E-state index in [1.165, 1.54) is 4.21 Å². The highest BCUT2D eigenvalue weighted by atomic mass is 32.2. The van der Waals surface area contributed by atoms with Gasteiger partial charge in [0.25, 0.3) is 0 Å². The summed E-state index contributed by atoms with van der Waals surface area (Å²) in [7, 11) is 1.84. The minimum Gasteiger partial charge on any atom is -0.357 e. The fourth-order valence-corrected chi connectivity index (χ4v) is 4.05. The third-order valence-corrected chi connectivity index (χ3v) is 5.05. The van der Waals surface area contributed by atoms with E-state index in [-0.39, 0.29) is 0 Å². The Bertz CT molecular complexity index is 631. The van der Waals surface area contributed by atoms with Crippen LogP contribution in [0.4, 0.5) is 5.95 Å². The number of rotatable bonds is 3. The van der Waals surface area contributed by atoms with Crippen molar-refractivity contribution in [3.63, 3.8) is 0 Å². The fourth-order valence-electron chi connectivity index (χ4n) is 1.43. The number of nitrogens with one attached hydrogen (secondary N) is 1. The molecule has 1 N–H and O–H groups in total. The van der Waals surface area contributed by atoms with Crippen LogP contribution in [0.5, 0.6) is 0 Å². The molecule has 0 saturated carbocycles. The van der Waals surface area contributed by atoms with Crippen molar-refractivity contribution in [1.82, 2.24) is 9.97 Å². The summed E-state index contributed by atoms with van der Waals surface area (Å²) >= 11 is 5.06. The average Bonchev–Trinajstić information content (AvgIpc) is 2.98. The lowest BCUT2D eigenvalue weighted by Crippen LogP contribution is -1.96. The molecule has 0 aliphatic rings. The molecule has 3 rings (SSSR count). The lowest BCUT2D eigenvalue weighted by Gasteiger charge is -2.03. The Morgan fingerprint density at radius 1 is 1.18 bits per heavy atom.